The Morgan fingerprint density at radius 1 is 0.938 bits per heavy atom. The molecule has 1 N–H and O–H groups in total. The van der Waals surface area contributed by atoms with E-state index < -0.39 is 16.0 Å². The van der Waals surface area contributed by atoms with Crippen molar-refractivity contribution >= 4 is 21.7 Å². The van der Waals surface area contributed by atoms with E-state index in [-0.39, 0.29) is 24.5 Å². The van der Waals surface area contributed by atoms with Gasteiger partial charge in [-0.15, -0.1) is 0 Å². The first-order valence-corrected chi connectivity index (χ1v) is 11.5. The van der Waals surface area contributed by atoms with E-state index in [0.29, 0.717) is 23.6 Å². The van der Waals surface area contributed by atoms with Gasteiger partial charge in [0.05, 0.1) is 30.8 Å². The minimum Gasteiger partial charge on any atom is -0.497 e. The predicted octanol–water partition coefficient (Wildman–Crippen LogP) is 4.33. The van der Waals surface area contributed by atoms with Crippen LogP contribution in [0.3, 0.4) is 0 Å². The van der Waals surface area contributed by atoms with Gasteiger partial charge < -0.3 is 14.6 Å². The van der Waals surface area contributed by atoms with Gasteiger partial charge in [0.1, 0.15) is 11.5 Å². The van der Waals surface area contributed by atoms with Crippen molar-refractivity contribution in [2.45, 2.75) is 24.3 Å². The molecule has 0 atom stereocenters. The molecule has 0 radical (unpaired) electrons. The summed E-state index contributed by atoms with van der Waals surface area (Å²) in [7, 11) is -2.42. The molecule has 7 nitrogen and oxygen atoms in total. The molecule has 0 unspecified atom stereocenters. The van der Waals surface area contributed by atoms with Crippen LogP contribution >= 0.6 is 0 Å². The van der Waals surface area contributed by atoms with Crippen molar-refractivity contribution in [2.24, 2.45) is 0 Å². The maximum Gasteiger partial charge on any atom is 0.303 e. The van der Waals surface area contributed by atoms with Gasteiger partial charge in [0.25, 0.3) is 10.0 Å². The third-order valence-electron chi connectivity index (χ3n) is 4.74. The van der Waals surface area contributed by atoms with E-state index in [9.17, 15) is 13.2 Å². The number of hydrogen-bond donors (Lipinski definition) is 1. The van der Waals surface area contributed by atoms with E-state index in [1.807, 2.05) is 30.3 Å². The van der Waals surface area contributed by atoms with Crippen LogP contribution < -0.4 is 13.8 Å². The van der Waals surface area contributed by atoms with Crippen LogP contribution in [0.4, 0.5) is 5.69 Å². The number of anilines is 1. The van der Waals surface area contributed by atoms with Gasteiger partial charge in [-0.3, -0.25) is 9.10 Å². The largest absolute Gasteiger partial charge is 0.497 e. The summed E-state index contributed by atoms with van der Waals surface area (Å²) in [5.41, 5.74) is 1.19. The smallest absolute Gasteiger partial charge is 0.303 e. The molecule has 0 spiro atoms. The predicted molar refractivity (Wildman–Crippen MR) is 122 cm³/mol. The normalized spacial score (nSPS) is 11.0. The number of aliphatic carboxylic acids is 1. The van der Waals surface area contributed by atoms with Gasteiger partial charge in [0.15, 0.2) is 0 Å². The molecule has 8 heteroatoms. The Kier molecular flexibility index (Phi) is 7.72. The lowest BCUT2D eigenvalue weighted by Crippen LogP contribution is -2.31. The molecule has 0 fully saturated rings. The van der Waals surface area contributed by atoms with E-state index in [4.69, 9.17) is 14.6 Å². The molecule has 0 amide bonds. The van der Waals surface area contributed by atoms with Gasteiger partial charge in [0, 0.05) is 6.42 Å². The molecule has 0 aliphatic carbocycles. The summed E-state index contributed by atoms with van der Waals surface area (Å²) in [6.45, 7) is 0.260. The van der Waals surface area contributed by atoms with Crippen LogP contribution in [-0.4, -0.2) is 33.2 Å². The summed E-state index contributed by atoms with van der Waals surface area (Å²) in [6.07, 6.45) is 0.285. The Balaban J connectivity index is 1.99. The van der Waals surface area contributed by atoms with Crippen LogP contribution in [0.1, 0.15) is 18.4 Å². The summed E-state index contributed by atoms with van der Waals surface area (Å²) >= 11 is 0. The molecule has 0 aliphatic rings. The van der Waals surface area contributed by atoms with Crippen LogP contribution in [0.5, 0.6) is 11.5 Å². The average Bonchev–Trinajstić information content (AvgIpc) is 2.81. The summed E-state index contributed by atoms with van der Waals surface area (Å²) in [4.78, 5) is 10.9. The highest BCUT2D eigenvalue weighted by Gasteiger charge is 2.27. The molecule has 3 aromatic carbocycles. The number of carbonyl (C=O) groups is 1. The second-order valence-electron chi connectivity index (χ2n) is 6.99. The Morgan fingerprint density at radius 3 is 2.25 bits per heavy atom. The van der Waals surface area contributed by atoms with E-state index in [2.05, 4.69) is 0 Å². The summed E-state index contributed by atoms with van der Waals surface area (Å²) in [5, 5.41) is 8.84. The zero-order valence-corrected chi connectivity index (χ0v) is 18.5. The Hall–Kier alpha value is -3.52. The Morgan fingerprint density at radius 2 is 1.59 bits per heavy atom. The zero-order valence-electron chi connectivity index (χ0n) is 17.7. The minimum atomic E-state index is -3.94. The molecule has 0 aliphatic heterocycles. The van der Waals surface area contributed by atoms with E-state index in [1.165, 1.54) is 23.5 Å². The first kappa shape index (κ1) is 23.1. The Labute approximate surface area is 187 Å². The molecule has 0 bridgehead atoms. The number of sulfonamides is 1. The number of carboxylic acids is 1. The maximum absolute atomic E-state index is 13.7. The van der Waals surface area contributed by atoms with Gasteiger partial charge in [-0.2, -0.15) is 0 Å². The minimum absolute atomic E-state index is 0.0277. The first-order chi connectivity index (χ1) is 15.4. The molecule has 0 saturated carbocycles. The zero-order chi connectivity index (χ0) is 23.0. The van der Waals surface area contributed by atoms with Crippen LogP contribution in [0, 0.1) is 0 Å². The molecule has 168 valence electrons. The van der Waals surface area contributed by atoms with Gasteiger partial charge >= 0.3 is 5.97 Å². The quantitative estimate of drug-likeness (QED) is 0.433. The van der Waals surface area contributed by atoms with E-state index >= 15 is 0 Å². The van der Waals surface area contributed by atoms with Crippen LogP contribution in [0.25, 0.3) is 0 Å². The first-order valence-electron chi connectivity index (χ1n) is 10.1. The van der Waals surface area contributed by atoms with Crippen molar-refractivity contribution in [3.63, 3.8) is 0 Å². The van der Waals surface area contributed by atoms with Crippen molar-refractivity contribution < 1.29 is 27.8 Å². The molecule has 3 rings (SSSR count). The van der Waals surface area contributed by atoms with Crippen molar-refractivity contribution in [3.8, 4) is 11.5 Å². The Bertz CT molecular complexity index is 1130. The van der Waals surface area contributed by atoms with Crippen LogP contribution in [-0.2, 0) is 21.4 Å². The maximum atomic E-state index is 13.7. The lowest BCUT2D eigenvalue weighted by molar-refractivity contribution is -0.137. The van der Waals surface area contributed by atoms with Gasteiger partial charge in [-0.25, -0.2) is 8.42 Å². The molecular weight excluding hydrogens is 430 g/mol. The second kappa shape index (κ2) is 10.7. The van der Waals surface area contributed by atoms with Gasteiger partial charge in [-0.05, 0) is 48.4 Å². The van der Waals surface area contributed by atoms with E-state index in [0.717, 1.165) is 5.56 Å². The molecule has 0 saturated heterocycles. The van der Waals surface area contributed by atoms with E-state index in [1.54, 1.807) is 36.4 Å². The lowest BCUT2D eigenvalue weighted by Gasteiger charge is -2.26. The van der Waals surface area contributed by atoms with Gasteiger partial charge in [0.2, 0.25) is 0 Å². The molecule has 32 heavy (non-hydrogen) atoms. The molecule has 0 aromatic heterocycles. The summed E-state index contributed by atoms with van der Waals surface area (Å²) in [6, 6.07) is 22.3. The number of carboxylic acid groups (broad SMARTS) is 1. The molecular formula is C24H25NO6S. The van der Waals surface area contributed by atoms with Crippen molar-refractivity contribution in [1.82, 2.24) is 0 Å². The van der Waals surface area contributed by atoms with Crippen molar-refractivity contribution in [3.05, 3.63) is 84.4 Å². The lowest BCUT2D eigenvalue weighted by atomic mass is 10.2. The number of hydrogen-bond acceptors (Lipinski definition) is 5. The number of methoxy groups -OCH3 is 1. The summed E-state index contributed by atoms with van der Waals surface area (Å²) < 4.78 is 39.6. The van der Waals surface area contributed by atoms with Crippen LogP contribution in [0.15, 0.2) is 83.8 Å². The summed E-state index contributed by atoms with van der Waals surface area (Å²) in [5.74, 6) is 0.0151. The number of nitrogens with zero attached hydrogens (tertiary/aromatic N) is 1. The molecule has 0 heterocycles. The molecule has 3 aromatic rings. The van der Waals surface area contributed by atoms with Crippen LogP contribution in [0.2, 0.25) is 0 Å². The fourth-order valence-electron chi connectivity index (χ4n) is 3.11. The highest BCUT2D eigenvalue weighted by molar-refractivity contribution is 7.92. The topological polar surface area (TPSA) is 93.1 Å². The fraction of sp³-hybridized carbons (Fsp3) is 0.208. The number of rotatable bonds is 11. The number of ether oxygens (including phenoxy) is 2. The van der Waals surface area contributed by atoms with Crippen molar-refractivity contribution in [1.29, 1.82) is 0 Å². The number of benzene rings is 3. The average molecular weight is 456 g/mol. The highest BCUT2D eigenvalue weighted by Crippen LogP contribution is 2.34. The fourth-order valence-corrected chi connectivity index (χ4v) is 4.58. The monoisotopic (exact) mass is 455 g/mol. The third-order valence-corrected chi connectivity index (χ3v) is 6.52. The van der Waals surface area contributed by atoms with Crippen molar-refractivity contribution in [2.75, 3.05) is 18.0 Å². The second-order valence-corrected chi connectivity index (χ2v) is 8.85. The third kappa shape index (κ3) is 5.79. The standard InChI is InChI=1S/C24H25NO6S/c1-30-20-13-15-21(16-14-20)32(28,29)25(18-19-8-3-2-4-9-19)22-10-5-6-11-23(22)31-17-7-12-24(26)27/h2-6,8-11,13-16H,7,12,17-18H2,1H3,(H,26,27). The number of para-hydroxylation sites is 2. The SMILES string of the molecule is COc1ccc(S(=O)(=O)N(Cc2ccccc2)c2ccccc2OCCCC(=O)O)cc1. The van der Waals surface area contributed by atoms with Gasteiger partial charge in [-0.1, -0.05) is 42.5 Å². The highest BCUT2D eigenvalue weighted by atomic mass is 32.2.